The zero-order valence-electron chi connectivity index (χ0n) is 15.7. The minimum Gasteiger partial charge on any atom is -0.379 e. The van der Waals surface area contributed by atoms with Gasteiger partial charge in [-0.1, -0.05) is 34.6 Å². The molecule has 0 aromatic carbocycles. The van der Waals surface area contributed by atoms with Crippen molar-refractivity contribution in [3.63, 3.8) is 0 Å². The van der Waals surface area contributed by atoms with Crippen LogP contribution in [0.25, 0.3) is 0 Å². The van der Waals surface area contributed by atoms with Gasteiger partial charge in [0.15, 0.2) is 0 Å². The summed E-state index contributed by atoms with van der Waals surface area (Å²) < 4.78 is 11.5. The summed E-state index contributed by atoms with van der Waals surface area (Å²) in [6.45, 7) is 16.0. The summed E-state index contributed by atoms with van der Waals surface area (Å²) in [5.74, 6) is 1.92. The van der Waals surface area contributed by atoms with Gasteiger partial charge in [0.25, 0.3) is 0 Å². The van der Waals surface area contributed by atoms with Crippen molar-refractivity contribution in [2.45, 2.75) is 67.0 Å². The fraction of sp³-hybridized carbons (Fsp3) is 0.778. The minimum absolute atomic E-state index is 0.280. The normalized spacial score (nSPS) is 19.7. The molecule has 1 aromatic rings. The summed E-state index contributed by atoms with van der Waals surface area (Å²) in [6.07, 6.45) is 1.96. The van der Waals surface area contributed by atoms with Crippen molar-refractivity contribution in [3.05, 3.63) is 17.1 Å². The van der Waals surface area contributed by atoms with Crippen molar-refractivity contribution in [1.82, 2.24) is 9.97 Å². The molecule has 1 aromatic heterocycles. The van der Waals surface area contributed by atoms with E-state index in [1.165, 1.54) is 0 Å². The summed E-state index contributed by atoms with van der Waals surface area (Å²) in [7, 11) is 0. The predicted octanol–water partition coefficient (Wildman–Crippen LogP) is 3.53. The van der Waals surface area contributed by atoms with Crippen LogP contribution >= 0.6 is 0 Å². The average molecular weight is 323 g/mol. The van der Waals surface area contributed by atoms with Crippen molar-refractivity contribution in [3.8, 4) is 0 Å². The third-order valence-electron chi connectivity index (χ3n) is 3.79. The van der Waals surface area contributed by atoms with Crippen molar-refractivity contribution in [2.24, 2.45) is 0 Å². The highest BCUT2D eigenvalue weighted by Crippen LogP contribution is 2.28. The van der Waals surface area contributed by atoms with E-state index >= 15 is 0 Å². The standard InChI is InChI=1S/C14H21N3O2.2C2H6/c1-3-13-12-9-19-8-11-7-18-6-4-5-17(11)14(12)16-10(2)15-13;2*1-2/h11H,3-9H2,1-2H3;2*1-2H3. The van der Waals surface area contributed by atoms with Crippen LogP contribution in [-0.2, 0) is 22.5 Å². The Labute approximate surface area is 141 Å². The second-order valence-electron chi connectivity index (χ2n) is 5.16. The van der Waals surface area contributed by atoms with Gasteiger partial charge in [-0.15, -0.1) is 0 Å². The Morgan fingerprint density at radius 2 is 1.78 bits per heavy atom. The summed E-state index contributed by atoms with van der Waals surface area (Å²) >= 11 is 0. The number of rotatable bonds is 1. The van der Waals surface area contributed by atoms with E-state index in [0.717, 1.165) is 55.5 Å². The number of aryl methyl sites for hydroxylation is 2. The van der Waals surface area contributed by atoms with E-state index in [4.69, 9.17) is 9.47 Å². The molecule has 1 saturated heterocycles. The molecule has 0 N–H and O–H groups in total. The molecule has 0 radical (unpaired) electrons. The van der Waals surface area contributed by atoms with Crippen LogP contribution in [0.5, 0.6) is 0 Å². The summed E-state index contributed by atoms with van der Waals surface area (Å²) in [6, 6.07) is 0.280. The van der Waals surface area contributed by atoms with Crippen LogP contribution in [0.2, 0.25) is 0 Å². The Morgan fingerprint density at radius 3 is 2.48 bits per heavy atom. The fourth-order valence-electron chi connectivity index (χ4n) is 2.86. The molecule has 132 valence electrons. The van der Waals surface area contributed by atoms with Crippen molar-refractivity contribution >= 4 is 5.82 Å². The Bertz CT molecular complexity index is 466. The van der Waals surface area contributed by atoms with E-state index in [0.29, 0.717) is 13.2 Å². The number of fused-ring (bicyclic) bond motifs is 3. The van der Waals surface area contributed by atoms with Crippen molar-refractivity contribution in [2.75, 3.05) is 31.3 Å². The van der Waals surface area contributed by atoms with E-state index in [-0.39, 0.29) is 6.04 Å². The predicted molar refractivity (Wildman–Crippen MR) is 95.1 cm³/mol. The smallest absolute Gasteiger partial charge is 0.138 e. The van der Waals surface area contributed by atoms with Gasteiger partial charge in [0.2, 0.25) is 0 Å². The van der Waals surface area contributed by atoms with E-state index in [1.807, 2.05) is 34.6 Å². The molecule has 0 aliphatic carbocycles. The molecule has 5 heteroatoms. The van der Waals surface area contributed by atoms with Crippen LogP contribution in [0.1, 0.15) is 58.1 Å². The van der Waals surface area contributed by atoms with Crippen molar-refractivity contribution in [1.29, 1.82) is 0 Å². The number of hydrogen-bond donors (Lipinski definition) is 0. The van der Waals surface area contributed by atoms with Gasteiger partial charge in [0, 0.05) is 18.7 Å². The van der Waals surface area contributed by atoms with E-state index in [2.05, 4.69) is 21.8 Å². The SMILES string of the molecule is CC.CC.CCc1nc(C)nc2c1COCC1COCCCN21. The van der Waals surface area contributed by atoms with Gasteiger partial charge in [-0.05, 0) is 19.8 Å². The fourth-order valence-corrected chi connectivity index (χ4v) is 2.86. The number of nitrogens with zero attached hydrogens (tertiary/aromatic N) is 3. The van der Waals surface area contributed by atoms with Crippen LogP contribution in [0.3, 0.4) is 0 Å². The third kappa shape index (κ3) is 4.88. The highest BCUT2D eigenvalue weighted by molar-refractivity contribution is 5.51. The molecule has 2 aliphatic rings. The lowest BCUT2D eigenvalue weighted by atomic mass is 10.1. The highest BCUT2D eigenvalue weighted by atomic mass is 16.5. The lowest BCUT2D eigenvalue weighted by molar-refractivity contribution is 0.0728. The number of ether oxygens (including phenoxy) is 2. The number of hydrogen-bond acceptors (Lipinski definition) is 5. The van der Waals surface area contributed by atoms with E-state index in [1.54, 1.807) is 0 Å². The van der Waals surface area contributed by atoms with Gasteiger partial charge in [-0.3, -0.25) is 0 Å². The molecule has 3 rings (SSSR count). The molecule has 23 heavy (non-hydrogen) atoms. The number of aromatic nitrogens is 2. The van der Waals surface area contributed by atoms with Crippen LogP contribution in [0.4, 0.5) is 5.82 Å². The molecule has 0 spiro atoms. The molecule has 3 heterocycles. The topological polar surface area (TPSA) is 47.5 Å². The van der Waals surface area contributed by atoms with Gasteiger partial charge in [0.05, 0.1) is 31.6 Å². The molecule has 1 fully saturated rings. The Kier molecular flexibility index (Phi) is 9.10. The lowest BCUT2D eigenvalue weighted by Crippen LogP contribution is -2.40. The zero-order chi connectivity index (χ0) is 17.2. The average Bonchev–Trinajstić information content (AvgIpc) is 2.93. The molecule has 2 aliphatic heterocycles. The second-order valence-corrected chi connectivity index (χ2v) is 5.16. The van der Waals surface area contributed by atoms with E-state index in [9.17, 15) is 0 Å². The first-order valence-corrected chi connectivity index (χ1v) is 9.08. The third-order valence-corrected chi connectivity index (χ3v) is 3.79. The molecule has 0 saturated carbocycles. The van der Waals surface area contributed by atoms with Gasteiger partial charge < -0.3 is 14.4 Å². The van der Waals surface area contributed by atoms with Crippen LogP contribution in [0, 0.1) is 6.92 Å². The first-order chi connectivity index (χ1) is 11.3. The summed E-state index contributed by atoms with van der Waals surface area (Å²) in [5, 5.41) is 0. The first kappa shape index (κ1) is 19.8. The minimum atomic E-state index is 0.280. The maximum atomic E-state index is 5.83. The molecular formula is C18H33N3O2. The first-order valence-electron chi connectivity index (χ1n) is 9.08. The highest BCUT2D eigenvalue weighted by Gasteiger charge is 2.29. The molecule has 1 atom stereocenters. The van der Waals surface area contributed by atoms with Gasteiger partial charge in [0.1, 0.15) is 11.6 Å². The summed E-state index contributed by atoms with van der Waals surface area (Å²) in [4.78, 5) is 11.6. The largest absolute Gasteiger partial charge is 0.379 e. The molecule has 0 amide bonds. The Balaban J connectivity index is 0.000000615. The van der Waals surface area contributed by atoms with Crippen LogP contribution in [0.15, 0.2) is 0 Å². The number of anilines is 1. The Hall–Kier alpha value is -1.20. The molecule has 5 nitrogen and oxygen atoms in total. The maximum Gasteiger partial charge on any atom is 0.138 e. The van der Waals surface area contributed by atoms with Crippen molar-refractivity contribution < 1.29 is 9.47 Å². The lowest BCUT2D eigenvalue weighted by Gasteiger charge is -2.29. The molecule has 0 bridgehead atoms. The summed E-state index contributed by atoms with van der Waals surface area (Å²) in [5.41, 5.74) is 2.28. The van der Waals surface area contributed by atoms with Gasteiger partial charge in [-0.2, -0.15) is 0 Å². The van der Waals surface area contributed by atoms with Crippen LogP contribution in [-0.4, -0.2) is 42.4 Å². The maximum absolute atomic E-state index is 5.83. The quantitative estimate of drug-likeness (QED) is 0.791. The molecular weight excluding hydrogens is 290 g/mol. The van der Waals surface area contributed by atoms with Crippen LogP contribution < -0.4 is 4.90 Å². The zero-order valence-corrected chi connectivity index (χ0v) is 15.7. The Morgan fingerprint density at radius 1 is 1.09 bits per heavy atom. The second kappa shape index (κ2) is 10.6. The monoisotopic (exact) mass is 323 g/mol. The van der Waals surface area contributed by atoms with Gasteiger partial charge in [-0.25, -0.2) is 9.97 Å². The molecule has 1 unspecified atom stereocenters. The van der Waals surface area contributed by atoms with Gasteiger partial charge >= 0.3 is 0 Å². The van der Waals surface area contributed by atoms with E-state index < -0.39 is 0 Å².